The molecule has 1 radical (unpaired) electrons. The summed E-state index contributed by atoms with van der Waals surface area (Å²) in [7, 11) is 2.00. The Labute approximate surface area is 174 Å². The predicted molar refractivity (Wildman–Crippen MR) is 109 cm³/mol. The van der Waals surface area contributed by atoms with E-state index in [1.165, 1.54) is 0 Å². The highest BCUT2D eigenvalue weighted by Crippen LogP contribution is 2.47. The zero-order valence-electron chi connectivity index (χ0n) is 17.0. The number of likely N-dealkylation sites (tertiary alicyclic amines) is 1. The number of carbonyl (C=O) groups excluding carboxylic acids is 2. The zero-order chi connectivity index (χ0) is 22.3. The number of nitrogens with two attached hydrogens (primary N) is 2. The van der Waals surface area contributed by atoms with Crippen molar-refractivity contribution in [1.29, 1.82) is 0 Å². The van der Waals surface area contributed by atoms with E-state index in [4.69, 9.17) is 16.2 Å². The minimum atomic E-state index is -1.26. The van der Waals surface area contributed by atoms with Gasteiger partial charge < -0.3 is 31.7 Å². The number of rotatable bonds is 9. The van der Waals surface area contributed by atoms with Gasteiger partial charge in [0.05, 0.1) is 6.54 Å². The third-order valence-corrected chi connectivity index (χ3v) is 5.50. The molecule has 1 aromatic rings. The van der Waals surface area contributed by atoms with Crippen LogP contribution in [-0.4, -0.2) is 78.0 Å². The molecule has 2 amide bonds. The number of phenols is 1. The predicted octanol–water partition coefficient (Wildman–Crippen LogP) is -1.18. The third kappa shape index (κ3) is 4.52. The Morgan fingerprint density at radius 1 is 1.40 bits per heavy atom. The highest BCUT2D eigenvalue weighted by atomic mass is 16.5. The van der Waals surface area contributed by atoms with Gasteiger partial charge >= 0.3 is 5.97 Å². The number of hydrogen-bond acceptors (Lipinski definition) is 7. The van der Waals surface area contributed by atoms with Crippen molar-refractivity contribution in [2.24, 2.45) is 11.5 Å². The number of hydrogen-bond donors (Lipinski definition) is 5. The molecule has 10 nitrogen and oxygen atoms in total. The first-order chi connectivity index (χ1) is 13.9. The fourth-order valence-corrected chi connectivity index (χ4v) is 3.52. The van der Waals surface area contributed by atoms with Crippen molar-refractivity contribution in [2.45, 2.75) is 37.1 Å². The largest absolute Gasteiger partial charge is 0.507 e. The molecule has 161 valence electrons. The van der Waals surface area contributed by atoms with Gasteiger partial charge in [-0.15, -0.1) is 0 Å². The minimum absolute atomic E-state index is 0.104. The highest BCUT2D eigenvalue weighted by Gasteiger charge is 2.44. The molecule has 0 saturated carbocycles. The van der Waals surface area contributed by atoms with Crippen LogP contribution in [0.1, 0.15) is 29.8 Å². The molecule has 2 saturated heterocycles. The van der Waals surface area contributed by atoms with Crippen LogP contribution in [-0.2, 0) is 14.9 Å². The fraction of sp³-hybridized carbons (Fsp3) is 0.526. The molecule has 2 aliphatic rings. The minimum Gasteiger partial charge on any atom is -0.507 e. The van der Waals surface area contributed by atoms with Gasteiger partial charge in [-0.05, 0) is 23.9 Å². The highest BCUT2D eigenvalue weighted by molar-refractivity contribution is 6.54. The summed E-state index contributed by atoms with van der Waals surface area (Å²) in [5.41, 5.74) is 10.1. The number of ether oxygens (including phenoxy) is 1. The van der Waals surface area contributed by atoms with E-state index in [0.717, 1.165) is 6.32 Å². The fourth-order valence-electron chi connectivity index (χ4n) is 3.52. The van der Waals surface area contributed by atoms with Gasteiger partial charge in [-0.1, -0.05) is 19.3 Å². The van der Waals surface area contributed by atoms with Gasteiger partial charge in [-0.25, -0.2) is 4.79 Å². The molecule has 0 bridgehead atoms. The molecule has 7 N–H and O–H groups in total. The summed E-state index contributed by atoms with van der Waals surface area (Å²) in [5, 5.41) is 22.1. The molecule has 0 aliphatic carbocycles. The molecule has 0 unspecified atom stereocenters. The van der Waals surface area contributed by atoms with Crippen molar-refractivity contribution in [3.63, 3.8) is 0 Å². The Morgan fingerprint density at radius 2 is 2.03 bits per heavy atom. The van der Waals surface area contributed by atoms with E-state index in [9.17, 15) is 24.6 Å². The van der Waals surface area contributed by atoms with Crippen LogP contribution in [0.5, 0.6) is 11.5 Å². The summed E-state index contributed by atoms with van der Waals surface area (Å²) in [6.45, 7) is 4.28. The summed E-state index contributed by atoms with van der Waals surface area (Å²) in [5.74, 6) is -2.58. The number of amides is 2. The molecular formula is C19H26BN4O6. The van der Waals surface area contributed by atoms with Gasteiger partial charge in [0.15, 0.2) is 0 Å². The lowest BCUT2D eigenvalue weighted by Crippen LogP contribution is -2.64. The molecule has 0 aromatic heterocycles. The Hall–Kier alpha value is -2.79. The number of carboxylic acids is 1. The maximum atomic E-state index is 12.1. The van der Waals surface area contributed by atoms with Crippen molar-refractivity contribution < 1.29 is 29.3 Å². The van der Waals surface area contributed by atoms with Gasteiger partial charge in [0.1, 0.15) is 36.0 Å². The van der Waals surface area contributed by atoms with E-state index >= 15 is 0 Å². The second kappa shape index (κ2) is 7.80. The Bertz CT molecular complexity index is 880. The van der Waals surface area contributed by atoms with Crippen molar-refractivity contribution in [2.75, 3.05) is 26.2 Å². The van der Waals surface area contributed by atoms with Crippen molar-refractivity contribution in [1.82, 2.24) is 10.2 Å². The SMILES string of the molecule is C[C@](N)(CN1CC(Oc2ccc([C@]3(C)[B]C3)c(O)c2C(=O)O)C1)C(=O)NCC(N)=O. The molecule has 1 aromatic carbocycles. The molecule has 2 heterocycles. The lowest BCUT2D eigenvalue weighted by Gasteiger charge is -2.42. The van der Waals surface area contributed by atoms with Gasteiger partial charge in [0.25, 0.3) is 0 Å². The van der Waals surface area contributed by atoms with E-state index in [-0.39, 0.29) is 41.6 Å². The average molecular weight is 417 g/mol. The van der Waals surface area contributed by atoms with Crippen LogP contribution in [0.2, 0.25) is 6.32 Å². The summed E-state index contributed by atoms with van der Waals surface area (Å²) >= 11 is 0. The lowest BCUT2D eigenvalue weighted by atomic mass is 9.81. The van der Waals surface area contributed by atoms with E-state index in [1.807, 2.05) is 19.1 Å². The van der Waals surface area contributed by atoms with Crippen LogP contribution in [0.4, 0.5) is 0 Å². The van der Waals surface area contributed by atoms with Crippen LogP contribution in [0.25, 0.3) is 0 Å². The number of carbonyl (C=O) groups is 3. The first-order valence-electron chi connectivity index (χ1n) is 9.61. The molecular weight excluding hydrogens is 391 g/mol. The van der Waals surface area contributed by atoms with Gasteiger partial charge in [-0.2, -0.15) is 0 Å². The van der Waals surface area contributed by atoms with Crippen LogP contribution < -0.4 is 21.5 Å². The third-order valence-electron chi connectivity index (χ3n) is 5.50. The number of benzene rings is 1. The maximum absolute atomic E-state index is 12.1. The number of nitrogens with zero attached hydrogens (tertiary/aromatic N) is 1. The number of nitrogens with one attached hydrogen (secondary N) is 1. The molecule has 3 rings (SSSR count). The van der Waals surface area contributed by atoms with Gasteiger partial charge in [-0.3, -0.25) is 14.5 Å². The smallest absolute Gasteiger partial charge is 0.343 e. The second-order valence-electron chi connectivity index (χ2n) is 8.47. The van der Waals surface area contributed by atoms with Crippen LogP contribution in [0.15, 0.2) is 12.1 Å². The number of carboxylic acid groups (broad SMARTS) is 1. The average Bonchev–Trinajstić information content (AvgIpc) is 3.35. The maximum Gasteiger partial charge on any atom is 0.343 e. The molecule has 30 heavy (non-hydrogen) atoms. The van der Waals surface area contributed by atoms with Crippen LogP contribution >= 0.6 is 0 Å². The standard InChI is InChI=1S/C19H26BN4O6/c1-18(8-20-18)11-3-4-12(14(15(11)26)16(27)28)30-10-6-24(7-10)9-19(2,22)17(29)23-5-13(21)25/h3-4,10,26H,5-9,22H2,1-2H3,(H2,21,25)(H,23,29)(H,27,28)/t18-,19+/m1/s1. The zero-order valence-corrected chi connectivity index (χ0v) is 17.0. The monoisotopic (exact) mass is 417 g/mol. The number of aromatic carboxylic acids is 1. The topological polar surface area (TPSA) is 168 Å². The molecule has 2 atom stereocenters. The summed E-state index contributed by atoms with van der Waals surface area (Å²) in [6, 6.07) is 3.26. The van der Waals surface area contributed by atoms with Crippen molar-refractivity contribution in [3.05, 3.63) is 23.3 Å². The number of primary amides is 1. The summed E-state index contributed by atoms with van der Waals surface area (Å²) in [6.07, 6.45) is 0.475. The molecule has 0 spiro atoms. The summed E-state index contributed by atoms with van der Waals surface area (Å²) < 4.78 is 5.80. The second-order valence-corrected chi connectivity index (χ2v) is 8.47. The van der Waals surface area contributed by atoms with Gasteiger partial charge in [0, 0.05) is 19.6 Å². The lowest BCUT2D eigenvalue weighted by molar-refractivity contribution is -0.129. The van der Waals surface area contributed by atoms with Crippen molar-refractivity contribution in [3.8, 4) is 11.5 Å². The van der Waals surface area contributed by atoms with Crippen molar-refractivity contribution >= 4 is 25.1 Å². The molecule has 2 fully saturated rings. The van der Waals surface area contributed by atoms with Crippen LogP contribution in [0.3, 0.4) is 0 Å². The van der Waals surface area contributed by atoms with E-state index in [2.05, 4.69) is 5.32 Å². The van der Waals surface area contributed by atoms with E-state index in [0.29, 0.717) is 18.7 Å². The first kappa shape index (κ1) is 21.9. The first-order valence-corrected chi connectivity index (χ1v) is 9.61. The molecule has 11 heteroatoms. The summed E-state index contributed by atoms with van der Waals surface area (Å²) in [4.78, 5) is 36.5. The Morgan fingerprint density at radius 3 is 2.57 bits per heavy atom. The van der Waals surface area contributed by atoms with Gasteiger partial charge in [0.2, 0.25) is 11.8 Å². The van der Waals surface area contributed by atoms with E-state index in [1.54, 1.807) is 19.1 Å². The van der Waals surface area contributed by atoms with E-state index < -0.39 is 23.3 Å². The Balaban J connectivity index is 1.60. The normalized spacial score (nSPS) is 22.9. The van der Waals surface area contributed by atoms with Crippen LogP contribution in [0, 0.1) is 0 Å². The molecule has 2 aliphatic heterocycles. The Kier molecular flexibility index (Phi) is 5.70. The number of aromatic hydroxyl groups is 1. The quantitative estimate of drug-likeness (QED) is 0.313.